The molecule has 1 atom stereocenters. The Labute approximate surface area is 150 Å². The average molecular weight is 343 g/mol. The fraction of sp³-hybridized carbons (Fsp3) is 0.600. The van der Waals surface area contributed by atoms with Gasteiger partial charge in [-0.25, -0.2) is 0 Å². The minimum absolute atomic E-state index is 0.0397. The lowest BCUT2D eigenvalue weighted by Gasteiger charge is -2.22. The summed E-state index contributed by atoms with van der Waals surface area (Å²) in [5.41, 5.74) is 2.46. The van der Waals surface area contributed by atoms with Gasteiger partial charge in [0.2, 0.25) is 11.8 Å². The van der Waals surface area contributed by atoms with Gasteiger partial charge in [-0.3, -0.25) is 14.5 Å². The number of piperidine rings is 1. The zero-order valence-electron chi connectivity index (χ0n) is 14.9. The van der Waals surface area contributed by atoms with Crippen LogP contribution in [0.1, 0.15) is 49.7 Å². The molecule has 0 aliphatic carbocycles. The lowest BCUT2D eigenvalue weighted by Crippen LogP contribution is -2.42. The summed E-state index contributed by atoms with van der Waals surface area (Å²) >= 11 is 0. The number of amides is 2. The summed E-state index contributed by atoms with van der Waals surface area (Å²) in [5.74, 6) is -0.0128. The Kier molecular flexibility index (Phi) is 6.45. The van der Waals surface area contributed by atoms with E-state index < -0.39 is 0 Å². The van der Waals surface area contributed by atoms with Crippen LogP contribution in [0.15, 0.2) is 24.3 Å². The highest BCUT2D eigenvalue weighted by Gasteiger charge is 2.24. The highest BCUT2D eigenvalue weighted by atomic mass is 16.2. The Bertz CT molecular complexity index is 584. The molecule has 2 aliphatic heterocycles. The van der Waals surface area contributed by atoms with Crippen molar-refractivity contribution in [3.05, 3.63) is 35.4 Å². The van der Waals surface area contributed by atoms with Crippen molar-refractivity contribution in [2.45, 2.75) is 51.6 Å². The molecule has 0 spiro atoms. The van der Waals surface area contributed by atoms with Crippen LogP contribution in [0.5, 0.6) is 0 Å². The third-order valence-corrected chi connectivity index (χ3v) is 5.20. The maximum atomic E-state index is 12.2. The second-order valence-corrected chi connectivity index (χ2v) is 7.27. The highest BCUT2D eigenvalue weighted by Crippen LogP contribution is 2.15. The van der Waals surface area contributed by atoms with E-state index in [9.17, 15) is 9.59 Å². The molecule has 2 N–H and O–H groups in total. The number of rotatable bonds is 5. The van der Waals surface area contributed by atoms with Gasteiger partial charge < -0.3 is 10.6 Å². The lowest BCUT2D eigenvalue weighted by atomic mass is 9.98. The summed E-state index contributed by atoms with van der Waals surface area (Å²) in [7, 11) is 0. The molecule has 2 saturated heterocycles. The van der Waals surface area contributed by atoms with Gasteiger partial charge in [0.05, 0.1) is 5.92 Å². The normalized spacial score (nSPS) is 22.1. The molecule has 2 amide bonds. The van der Waals surface area contributed by atoms with E-state index in [1.165, 1.54) is 44.3 Å². The Balaban J connectivity index is 1.49. The first kappa shape index (κ1) is 17.9. The zero-order valence-corrected chi connectivity index (χ0v) is 14.9. The van der Waals surface area contributed by atoms with Gasteiger partial charge in [0, 0.05) is 26.1 Å². The van der Waals surface area contributed by atoms with Crippen LogP contribution in [0.3, 0.4) is 0 Å². The number of hydrogen-bond acceptors (Lipinski definition) is 3. The molecule has 1 aromatic rings. The lowest BCUT2D eigenvalue weighted by molar-refractivity contribution is -0.129. The SMILES string of the molecule is O=C1CC[C@H](C(=O)NCc2cccc(CN3CCCCCC3)c2)CN1. The van der Waals surface area contributed by atoms with Crippen LogP contribution in [0.4, 0.5) is 0 Å². The number of nitrogens with one attached hydrogen (secondary N) is 2. The van der Waals surface area contributed by atoms with E-state index in [1.807, 2.05) is 0 Å². The molecule has 25 heavy (non-hydrogen) atoms. The maximum absolute atomic E-state index is 12.2. The fourth-order valence-electron chi connectivity index (χ4n) is 3.68. The zero-order chi connectivity index (χ0) is 17.5. The van der Waals surface area contributed by atoms with Crippen LogP contribution in [0.25, 0.3) is 0 Å². The molecule has 0 aromatic heterocycles. The van der Waals surface area contributed by atoms with Crippen molar-refractivity contribution in [1.82, 2.24) is 15.5 Å². The topological polar surface area (TPSA) is 61.4 Å². The van der Waals surface area contributed by atoms with Crippen LogP contribution in [0, 0.1) is 5.92 Å². The molecule has 2 heterocycles. The minimum atomic E-state index is -0.0991. The van der Waals surface area contributed by atoms with Gasteiger partial charge in [0.25, 0.3) is 0 Å². The van der Waals surface area contributed by atoms with Gasteiger partial charge in [-0.1, -0.05) is 37.1 Å². The summed E-state index contributed by atoms with van der Waals surface area (Å²) in [6.07, 6.45) is 6.39. The molecular weight excluding hydrogens is 314 g/mol. The van der Waals surface area contributed by atoms with E-state index >= 15 is 0 Å². The maximum Gasteiger partial charge on any atom is 0.225 e. The van der Waals surface area contributed by atoms with E-state index in [1.54, 1.807) is 0 Å². The summed E-state index contributed by atoms with van der Waals surface area (Å²) < 4.78 is 0. The van der Waals surface area contributed by atoms with E-state index in [-0.39, 0.29) is 17.7 Å². The molecule has 1 aromatic carbocycles. The van der Waals surface area contributed by atoms with E-state index in [0.29, 0.717) is 25.9 Å². The monoisotopic (exact) mass is 343 g/mol. The number of likely N-dealkylation sites (tertiary alicyclic amines) is 1. The summed E-state index contributed by atoms with van der Waals surface area (Å²) in [6.45, 7) is 4.38. The minimum Gasteiger partial charge on any atom is -0.355 e. The molecular formula is C20H29N3O2. The second-order valence-electron chi connectivity index (χ2n) is 7.27. The van der Waals surface area contributed by atoms with Crippen molar-refractivity contribution >= 4 is 11.8 Å². The van der Waals surface area contributed by atoms with Crippen LogP contribution in [0.2, 0.25) is 0 Å². The molecule has 136 valence electrons. The molecule has 0 unspecified atom stereocenters. The smallest absolute Gasteiger partial charge is 0.225 e. The van der Waals surface area contributed by atoms with E-state index in [2.05, 4.69) is 39.8 Å². The van der Waals surface area contributed by atoms with Gasteiger partial charge in [-0.15, -0.1) is 0 Å². The van der Waals surface area contributed by atoms with Crippen molar-refractivity contribution in [3.63, 3.8) is 0 Å². The van der Waals surface area contributed by atoms with Crippen LogP contribution < -0.4 is 10.6 Å². The second kappa shape index (κ2) is 8.99. The predicted molar refractivity (Wildman–Crippen MR) is 97.8 cm³/mol. The van der Waals surface area contributed by atoms with Crippen molar-refractivity contribution < 1.29 is 9.59 Å². The third kappa shape index (κ3) is 5.56. The Morgan fingerprint density at radius 1 is 1.16 bits per heavy atom. The molecule has 3 rings (SSSR count). The predicted octanol–water partition coefficient (Wildman–Crippen LogP) is 2.21. The fourth-order valence-corrected chi connectivity index (χ4v) is 3.68. The Morgan fingerprint density at radius 3 is 2.64 bits per heavy atom. The third-order valence-electron chi connectivity index (χ3n) is 5.20. The van der Waals surface area contributed by atoms with Crippen molar-refractivity contribution in [1.29, 1.82) is 0 Å². The summed E-state index contributed by atoms with van der Waals surface area (Å²) in [4.78, 5) is 26.0. The average Bonchev–Trinajstić information content (AvgIpc) is 2.89. The Morgan fingerprint density at radius 2 is 1.92 bits per heavy atom. The molecule has 5 nitrogen and oxygen atoms in total. The van der Waals surface area contributed by atoms with Crippen LogP contribution >= 0.6 is 0 Å². The van der Waals surface area contributed by atoms with Crippen LogP contribution in [-0.4, -0.2) is 36.3 Å². The van der Waals surface area contributed by atoms with Gasteiger partial charge >= 0.3 is 0 Å². The first-order valence-corrected chi connectivity index (χ1v) is 9.55. The van der Waals surface area contributed by atoms with Gasteiger partial charge in [-0.2, -0.15) is 0 Å². The first-order chi connectivity index (χ1) is 12.2. The van der Waals surface area contributed by atoms with E-state index in [0.717, 1.165) is 12.1 Å². The van der Waals surface area contributed by atoms with Crippen molar-refractivity contribution in [3.8, 4) is 0 Å². The standard InChI is InChI=1S/C20H29N3O2/c24-19-9-8-18(14-21-19)20(25)22-13-16-6-5-7-17(12-16)15-23-10-3-1-2-4-11-23/h5-7,12,18H,1-4,8-11,13-15H2,(H,21,24)(H,22,25)/t18-/m0/s1. The molecule has 0 saturated carbocycles. The quantitative estimate of drug-likeness (QED) is 0.862. The van der Waals surface area contributed by atoms with Crippen LogP contribution in [-0.2, 0) is 22.7 Å². The number of carbonyl (C=O) groups is 2. The molecule has 2 fully saturated rings. The van der Waals surface area contributed by atoms with Crippen molar-refractivity contribution in [2.75, 3.05) is 19.6 Å². The first-order valence-electron chi connectivity index (χ1n) is 9.55. The van der Waals surface area contributed by atoms with Gasteiger partial charge in [0.1, 0.15) is 0 Å². The van der Waals surface area contributed by atoms with Gasteiger partial charge in [0.15, 0.2) is 0 Å². The molecule has 0 bridgehead atoms. The summed E-state index contributed by atoms with van der Waals surface area (Å²) in [6, 6.07) is 8.52. The number of benzene rings is 1. The Hall–Kier alpha value is -1.88. The number of hydrogen-bond donors (Lipinski definition) is 2. The van der Waals surface area contributed by atoms with Gasteiger partial charge in [-0.05, 0) is 43.5 Å². The number of nitrogens with zero attached hydrogens (tertiary/aromatic N) is 1. The largest absolute Gasteiger partial charge is 0.355 e. The summed E-state index contributed by atoms with van der Waals surface area (Å²) in [5, 5.41) is 5.79. The van der Waals surface area contributed by atoms with E-state index in [4.69, 9.17) is 0 Å². The number of carbonyl (C=O) groups excluding carboxylic acids is 2. The molecule has 2 aliphatic rings. The molecule has 0 radical (unpaired) electrons. The van der Waals surface area contributed by atoms with Crippen molar-refractivity contribution in [2.24, 2.45) is 5.92 Å². The highest BCUT2D eigenvalue weighted by molar-refractivity contribution is 5.83. The molecule has 5 heteroatoms.